The molecule has 1 aliphatic heterocycles. The number of methoxy groups -OCH3 is 1. The number of piperazine rings is 1. The van der Waals surface area contributed by atoms with Crippen LogP contribution < -0.4 is 4.74 Å². The Morgan fingerprint density at radius 1 is 1.11 bits per heavy atom. The molecule has 1 fully saturated rings. The molecule has 0 atom stereocenters. The molecule has 9 heteroatoms. The zero-order chi connectivity index (χ0) is 20.3. The lowest BCUT2D eigenvalue weighted by atomic mass is 10.1. The van der Waals surface area contributed by atoms with Gasteiger partial charge in [0.05, 0.1) is 18.4 Å². The van der Waals surface area contributed by atoms with Gasteiger partial charge in [-0.2, -0.15) is 4.31 Å². The summed E-state index contributed by atoms with van der Waals surface area (Å²) in [5, 5.41) is 0.203. The van der Waals surface area contributed by atoms with Gasteiger partial charge in [0.1, 0.15) is 11.6 Å². The van der Waals surface area contributed by atoms with Gasteiger partial charge in [0, 0.05) is 36.8 Å². The molecule has 150 valence electrons. The lowest BCUT2D eigenvalue weighted by Crippen LogP contribution is -2.50. The van der Waals surface area contributed by atoms with Crippen LogP contribution >= 0.6 is 11.6 Å². The molecule has 28 heavy (non-hydrogen) atoms. The maximum Gasteiger partial charge on any atom is 0.243 e. The van der Waals surface area contributed by atoms with E-state index in [1.165, 1.54) is 46.6 Å². The number of halogens is 2. The van der Waals surface area contributed by atoms with Gasteiger partial charge in [-0.15, -0.1) is 0 Å². The predicted octanol–water partition coefficient (Wildman–Crippen LogP) is 2.56. The standard InChI is InChI=1S/C19H20ClFN2O4S/c1-27-14-5-7-15(8-6-14)28(25,26)23-11-9-22(10-12-23)19(24)13-16-17(20)3-2-4-18(16)21/h2-8H,9-13H2,1H3. The molecule has 0 radical (unpaired) electrons. The molecule has 0 bridgehead atoms. The lowest BCUT2D eigenvalue weighted by molar-refractivity contribution is -0.131. The van der Waals surface area contributed by atoms with Gasteiger partial charge in [-0.25, -0.2) is 12.8 Å². The van der Waals surface area contributed by atoms with E-state index in [2.05, 4.69) is 0 Å². The highest BCUT2D eigenvalue weighted by atomic mass is 35.5. The van der Waals surface area contributed by atoms with Crippen molar-refractivity contribution in [3.05, 3.63) is 58.9 Å². The molecule has 1 heterocycles. The fourth-order valence-electron chi connectivity index (χ4n) is 3.04. The number of carbonyl (C=O) groups excluding carboxylic acids is 1. The van der Waals surface area contributed by atoms with E-state index in [1.54, 1.807) is 12.1 Å². The van der Waals surface area contributed by atoms with Crippen molar-refractivity contribution in [2.24, 2.45) is 0 Å². The number of benzene rings is 2. The van der Waals surface area contributed by atoms with Crippen LogP contribution in [0.4, 0.5) is 4.39 Å². The third-order valence-corrected chi connectivity index (χ3v) is 6.95. The van der Waals surface area contributed by atoms with Crippen molar-refractivity contribution in [3.8, 4) is 5.75 Å². The van der Waals surface area contributed by atoms with Crippen molar-refractivity contribution in [2.45, 2.75) is 11.3 Å². The van der Waals surface area contributed by atoms with E-state index in [1.807, 2.05) is 0 Å². The summed E-state index contributed by atoms with van der Waals surface area (Å²) in [5.74, 6) is -0.240. The van der Waals surface area contributed by atoms with Crippen molar-refractivity contribution >= 4 is 27.5 Å². The van der Waals surface area contributed by atoms with E-state index in [0.717, 1.165) is 0 Å². The van der Waals surface area contributed by atoms with Crippen LogP contribution in [0.5, 0.6) is 5.75 Å². The first kappa shape index (κ1) is 20.6. The molecule has 3 rings (SSSR count). The molecular formula is C19H20ClFN2O4S. The highest BCUT2D eigenvalue weighted by molar-refractivity contribution is 7.89. The third kappa shape index (κ3) is 4.29. The highest BCUT2D eigenvalue weighted by Crippen LogP contribution is 2.22. The van der Waals surface area contributed by atoms with E-state index in [0.29, 0.717) is 5.75 Å². The van der Waals surface area contributed by atoms with E-state index in [-0.39, 0.29) is 54.0 Å². The van der Waals surface area contributed by atoms with Crippen LogP contribution in [0.25, 0.3) is 0 Å². The van der Waals surface area contributed by atoms with Gasteiger partial charge in [0.25, 0.3) is 0 Å². The first-order valence-electron chi connectivity index (χ1n) is 8.68. The normalized spacial score (nSPS) is 15.5. The number of ether oxygens (including phenoxy) is 1. The Hall–Kier alpha value is -2.16. The van der Waals surface area contributed by atoms with Crippen LogP contribution in [0.1, 0.15) is 5.56 Å². The van der Waals surface area contributed by atoms with Crippen molar-refractivity contribution in [3.63, 3.8) is 0 Å². The Labute approximate surface area is 168 Å². The number of carbonyl (C=O) groups is 1. The molecule has 0 aliphatic carbocycles. The van der Waals surface area contributed by atoms with Crippen molar-refractivity contribution < 1.29 is 22.3 Å². The highest BCUT2D eigenvalue weighted by Gasteiger charge is 2.30. The smallest absolute Gasteiger partial charge is 0.243 e. The van der Waals surface area contributed by atoms with E-state index in [9.17, 15) is 17.6 Å². The van der Waals surface area contributed by atoms with Gasteiger partial charge < -0.3 is 9.64 Å². The topological polar surface area (TPSA) is 66.9 Å². The fourth-order valence-corrected chi connectivity index (χ4v) is 4.69. The van der Waals surface area contributed by atoms with Crippen LogP contribution in [0.3, 0.4) is 0 Å². The predicted molar refractivity (Wildman–Crippen MR) is 103 cm³/mol. The quantitative estimate of drug-likeness (QED) is 0.737. The van der Waals surface area contributed by atoms with Gasteiger partial charge in [-0.3, -0.25) is 4.79 Å². The first-order chi connectivity index (χ1) is 13.3. The number of amides is 1. The summed E-state index contributed by atoms with van der Waals surface area (Å²) in [6, 6.07) is 10.4. The average Bonchev–Trinajstić information content (AvgIpc) is 2.71. The Kier molecular flexibility index (Phi) is 6.22. The summed E-state index contributed by atoms with van der Waals surface area (Å²) in [5.41, 5.74) is 0.155. The molecule has 6 nitrogen and oxygen atoms in total. The lowest BCUT2D eigenvalue weighted by Gasteiger charge is -2.34. The molecule has 0 saturated carbocycles. The monoisotopic (exact) mass is 426 g/mol. The van der Waals surface area contributed by atoms with Gasteiger partial charge in [0.15, 0.2) is 0 Å². The summed E-state index contributed by atoms with van der Waals surface area (Å²) in [6.07, 6.45) is -0.156. The summed E-state index contributed by atoms with van der Waals surface area (Å²) in [6.45, 7) is 0.816. The molecule has 0 aromatic heterocycles. The summed E-state index contributed by atoms with van der Waals surface area (Å²) in [7, 11) is -2.14. The Bertz CT molecular complexity index is 938. The minimum atomic E-state index is -3.65. The number of hydrogen-bond donors (Lipinski definition) is 0. The molecule has 2 aromatic carbocycles. The molecule has 2 aromatic rings. The second-order valence-corrected chi connectivity index (χ2v) is 8.68. The average molecular weight is 427 g/mol. The zero-order valence-electron chi connectivity index (χ0n) is 15.3. The van der Waals surface area contributed by atoms with Crippen LogP contribution in [-0.2, 0) is 21.2 Å². The Morgan fingerprint density at radius 3 is 2.32 bits per heavy atom. The Morgan fingerprint density at radius 2 is 1.75 bits per heavy atom. The van der Waals surface area contributed by atoms with Crippen molar-refractivity contribution in [2.75, 3.05) is 33.3 Å². The van der Waals surface area contributed by atoms with E-state index < -0.39 is 15.8 Å². The number of hydrogen-bond acceptors (Lipinski definition) is 4. The Balaban J connectivity index is 1.64. The maximum atomic E-state index is 13.9. The van der Waals surface area contributed by atoms with Crippen LogP contribution in [0.2, 0.25) is 5.02 Å². The fraction of sp³-hybridized carbons (Fsp3) is 0.316. The van der Waals surface area contributed by atoms with E-state index >= 15 is 0 Å². The molecule has 0 N–H and O–H groups in total. The molecule has 0 unspecified atom stereocenters. The first-order valence-corrected chi connectivity index (χ1v) is 10.5. The number of nitrogens with zero attached hydrogens (tertiary/aromatic N) is 2. The summed E-state index contributed by atoms with van der Waals surface area (Å²) >= 11 is 5.98. The van der Waals surface area contributed by atoms with Crippen LogP contribution in [-0.4, -0.2) is 56.8 Å². The second-order valence-electron chi connectivity index (χ2n) is 6.34. The molecule has 0 spiro atoms. The zero-order valence-corrected chi connectivity index (χ0v) is 16.8. The maximum absolute atomic E-state index is 13.9. The van der Waals surface area contributed by atoms with Gasteiger partial charge in [0.2, 0.25) is 15.9 Å². The van der Waals surface area contributed by atoms with Gasteiger partial charge in [-0.1, -0.05) is 17.7 Å². The minimum Gasteiger partial charge on any atom is -0.497 e. The SMILES string of the molecule is COc1ccc(S(=O)(=O)N2CCN(C(=O)Cc3c(F)cccc3Cl)CC2)cc1. The largest absolute Gasteiger partial charge is 0.497 e. The molecule has 1 aliphatic rings. The molecular weight excluding hydrogens is 407 g/mol. The number of sulfonamides is 1. The minimum absolute atomic E-state index is 0.155. The van der Waals surface area contributed by atoms with Gasteiger partial charge >= 0.3 is 0 Å². The summed E-state index contributed by atoms with van der Waals surface area (Å²) < 4.78 is 45.8. The number of rotatable bonds is 5. The second kappa shape index (κ2) is 8.46. The molecule has 1 amide bonds. The van der Waals surface area contributed by atoms with Gasteiger partial charge in [-0.05, 0) is 36.4 Å². The summed E-state index contributed by atoms with van der Waals surface area (Å²) in [4.78, 5) is 14.2. The van der Waals surface area contributed by atoms with Crippen LogP contribution in [0, 0.1) is 5.82 Å². The van der Waals surface area contributed by atoms with Crippen molar-refractivity contribution in [1.29, 1.82) is 0 Å². The molecule has 1 saturated heterocycles. The third-order valence-electron chi connectivity index (χ3n) is 4.68. The van der Waals surface area contributed by atoms with Crippen molar-refractivity contribution in [1.82, 2.24) is 9.21 Å². The van der Waals surface area contributed by atoms with E-state index in [4.69, 9.17) is 16.3 Å². The van der Waals surface area contributed by atoms with Crippen LogP contribution in [0.15, 0.2) is 47.4 Å².